The third-order valence-corrected chi connectivity index (χ3v) is 5.71. The highest BCUT2D eigenvalue weighted by molar-refractivity contribution is 5.85. The van der Waals surface area contributed by atoms with Gasteiger partial charge in [0.15, 0.2) is 17.0 Å². The predicted molar refractivity (Wildman–Crippen MR) is 115 cm³/mol. The lowest BCUT2D eigenvalue weighted by atomic mass is 10.2. The topological polar surface area (TPSA) is 101 Å². The van der Waals surface area contributed by atoms with Crippen LogP contribution in [0.2, 0.25) is 0 Å². The van der Waals surface area contributed by atoms with Gasteiger partial charge in [0, 0.05) is 18.8 Å². The summed E-state index contributed by atoms with van der Waals surface area (Å²) in [6, 6.07) is 8.41. The van der Waals surface area contributed by atoms with Gasteiger partial charge in [0.25, 0.3) is 0 Å². The van der Waals surface area contributed by atoms with Gasteiger partial charge >= 0.3 is 0 Å². The molecule has 5 rings (SSSR count). The molecule has 9 nitrogen and oxygen atoms in total. The van der Waals surface area contributed by atoms with Gasteiger partial charge in [-0.25, -0.2) is 15.0 Å². The molecule has 3 aromatic rings. The van der Waals surface area contributed by atoms with Crippen LogP contribution in [0, 0.1) is 0 Å². The van der Waals surface area contributed by atoms with Gasteiger partial charge in [-0.1, -0.05) is 12.1 Å². The van der Waals surface area contributed by atoms with Crippen LogP contribution in [0.15, 0.2) is 42.0 Å². The Morgan fingerprint density at radius 1 is 1.13 bits per heavy atom. The van der Waals surface area contributed by atoms with Crippen LogP contribution < -0.4 is 10.3 Å². The minimum absolute atomic E-state index is 0.0264. The van der Waals surface area contributed by atoms with E-state index in [0.29, 0.717) is 17.0 Å². The van der Waals surface area contributed by atoms with Crippen molar-refractivity contribution < 1.29 is 9.84 Å². The van der Waals surface area contributed by atoms with Crippen LogP contribution in [-0.4, -0.2) is 56.6 Å². The fourth-order valence-electron chi connectivity index (χ4n) is 4.08. The number of hydrazone groups is 1. The Morgan fingerprint density at radius 2 is 1.97 bits per heavy atom. The number of ether oxygens (including phenoxy) is 1. The number of anilines is 2. The van der Waals surface area contributed by atoms with E-state index >= 15 is 0 Å². The minimum atomic E-state index is -0.174. The zero-order valence-corrected chi connectivity index (χ0v) is 16.7. The molecule has 4 heterocycles. The van der Waals surface area contributed by atoms with Gasteiger partial charge < -0.3 is 14.7 Å². The third-order valence-electron chi connectivity index (χ3n) is 5.71. The minimum Gasteiger partial charge on any atom is -0.394 e. The van der Waals surface area contributed by atoms with E-state index in [1.165, 1.54) is 24.9 Å². The molecule has 0 saturated carbocycles. The van der Waals surface area contributed by atoms with E-state index in [1.54, 1.807) is 12.5 Å². The molecule has 0 unspecified atom stereocenters. The van der Waals surface area contributed by atoms with Crippen LogP contribution in [0.5, 0.6) is 0 Å². The highest BCUT2D eigenvalue weighted by Gasteiger charge is 2.27. The summed E-state index contributed by atoms with van der Waals surface area (Å²) in [6.45, 7) is 2.30. The number of nitrogens with zero attached hydrogens (tertiary/aromatic N) is 6. The number of aliphatic hydroxyl groups is 1. The van der Waals surface area contributed by atoms with Crippen LogP contribution in [0.1, 0.15) is 37.5 Å². The molecule has 2 atom stereocenters. The Kier molecular flexibility index (Phi) is 5.29. The van der Waals surface area contributed by atoms with Crippen molar-refractivity contribution >= 4 is 28.9 Å². The molecule has 2 N–H and O–H groups in total. The first kappa shape index (κ1) is 19.0. The van der Waals surface area contributed by atoms with Crippen molar-refractivity contribution in [1.82, 2.24) is 19.5 Å². The van der Waals surface area contributed by atoms with Gasteiger partial charge in [-0.3, -0.25) is 9.99 Å². The molecule has 2 aliphatic heterocycles. The summed E-state index contributed by atoms with van der Waals surface area (Å²) in [5.74, 6) is 0.542. The summed E-state index contributed by atoms with van der Waals surface area (Å²) >= 11 is 0. The van der Waals surface area contributed by atoms with Crippen molar-refractivity contribution in [2.24, 2.45) is 5.10 Å². The summed E-state index contributed by atoms with van der Waals surface area (Å²) in [6.07, 6.45) is 8.83. The van der Waals surface area contributed by atoms with Gasteiger partial charge in [0.05, 0.1) is 25.3 Å². The van der Waals surface area contributed by atoms with Crippen LogP contribution >= 0.6 is 0 Å². The van der Waals surface area contributed by atoms with Crippen molar-refractivity contribution in [3.63, 3.8) is 0 Å². The standard InChI is InChI=1S/C21H25N7O2/c29-12-17-7-8-18(30-17)28-14-24-19-20(22-13-23-21(19)28)26-25-11-15-3-5-16(6-4-15)27-9-1-2-10-27/h3-6,11,13-14,17-18,29H,1-2,7-10,12H2,(H,22,23,26)/b25-11+/t17-,18+/m0/s1. The van der Waals surface area contributed by atoms with Crippen LogP contribution in [0.3, 0.4) is 0 Å². The van der Waals surface area contributed by atoms with Crippen molar-refractivity contribution in [3.05, 3.63) is 42.5 Å². The van der Waals surface area contributed by atoms with E-state index in [2.05, 4.69) is 54.6 Å². The predicted octanol–water partition coefficient (Wildman–Crippen LogP) is 2.54. The van der Waals surface area contributed by atoms with Crippen molar-refractivity contribution in [2.75, 3.05) is 30.0 Å². The maximum Gasteiger partial charge on any atom is 0.177 e. The van der Waals surface area contributed by atoms with E-state index in [1.807, 2.05) is 4.57 Å². The molecule has 0 amide bonds. The third kappa shape index (κ3) is 3.73. The van der Waals surface area contributed by atoms with Crippen LogP contribution in [-0.2, 0) is 4.74 Å². The van der Waals surface area contributed by atoms with Gasteiger partial charge in [0.1, 0.15) is 12.6 Å². The number of hydrogen-bond donors (Lipinski definition) is 2. The summed E-state index contributed by atoms with van der Waals surface area (Å²) in [7, 11) is 0. The van der Waals surface area contributed by atoms with E-state index in [-0.39, 0.29) is 18.9 Å². The second kappa shape index (κ2) is 8.37. The molecule has 2 saturated heterocycles. The maximum absolute atomic E-state index is 9.30. The monoisotopic (exact) mass is 407 g/mol. The molecule has 156 valence electrons. The Balaban J connectivity index is 1.28. The number of fused-ring (bicyclic) bond motifs is 1. The number of rotatable bonds is 6. The summed E-state index contributed by atoms with van der Waals surface area (Å²) in [5.41, 5.74) is 6.57. The first-order valence-corrected chi connectivity index (χ1v) is 10.4. The molecule has 2 fully saturated rings. The van der Waals surface area contributed by atoms with Crippen molar-refractivity contribution in [1.29, 1.82) is 0 Å². The molecule has 0 bridgehead atoms. The maximum atomic E-state index is 9.30. The Bertz CT molecular complexity index is 1030. The quantitative estimate of drug-likeness (QED) is 0.478. The number of aromatic nitrogens is 4. The highest BCUT2D eigenvalue weighted by Crippen LogP contribution is 2.31. The van der Waals surface area contributed by atoms with E-state index < -0.39 is 0 Å². The smallest absolute Gasteiger partial charge is 0.177 e. The average Bonchev–Trinajstić information content (AvgIpc) is 3.54. The Hall–Kier alpha value is -3.04. The Morgan fingerprint density at radius 3 is 2.73 bits per heavy atom. The number of hydrogen-bond acceptors (Lipinski definition) is 8. The molecule has 9 heteroatoms. The summed E-state index contributed by atoms with van der Waals surface area (Å²) < 4.78 is 7.74. The zero-order chi connectivity index (χ0) is 20.3. The van der Waals surface area contributed by atoms with Crippen molar-refractivity contribution in [3.8, 4) is 0 Å². The number of imidazole rings is 1. The molecule has 0 aliphatic carbocycles. The largest absolute Gasteiger partial charge is 0.394 e. The zero-order valence-electron chi connectivity index (χ0n) is 16.7. The average molecular weight is 407 g/mol. The number of nitrogens with one attached hydrogen (secondary N) is 1. The van der Waals surface area contributed by atoms with Crippen LogP contribution in [0.25, 0.3) is 11.2 Å². The molecule has 2 aliphatic rings. The number of aliphatic hydroxyl groups excluding tert-OH is 1. The van der Waals surface area contributed by atoms with E-state index in [9.17, 15) is 5.11 Å². The lowest BCUT2D eigenvalue weighted by Crippen LogP contribution is -2.17. The van der Waals surface area contributed by atoms with Gasteiger partial charge in [-0.15, -0.1) is 0 Å². The molecular formula is C21H25N7O2. The Labute approximate surface area is 174 Å². The first-order chi connectivity index (χ1) is 14.8. The molecule has 1 aromatic carbocycles. The second-order valence-electron chi connectivity index (χ2n) is 7.67. The summed E-state index contributed by atoms with van der Waals surface area (Å²) in [5, 5.41) is 13.6. The SMILES string of the molecule is OC[C@@H]1CC[C@H](n2cnc3c(N/N=C/c4ccc(N5CCCC5)cc4)ncnc32)O1. The lowest BCUT2D eigenvalue weighted by molar-refractivity contribution is -0.0207. The van der Waals surface area contributed by atoms with Gasteiger partial charge in [-0.05, 0) is 43.4 Å². The molecule has 30 heavy (non-hydrogen) atoms. The first-order valence-electron chi connectivity index (χ1n) is 10.4. The fourth-order valence-corrected chi connectivity index (χ4v) is 4.08. The summed E-state index contributed by atoms with van der Waals surface area (Å²) in [4.78, 5) is 15.5. The van der Waals surface area contributed by atoms with E-state index in [0.717, 1.165) is 31.5 Å². The molecule has 2 aromatic heterocycles. The molecular weight excluding hydrogens is 382 g/mol. The highest BCUT2D eigenvalue weighted by atomic mass is 16.5. The van der Waals surface area contributed by atoms with Gasteiger partial charge in [0.2, 0.25) is 0 Å². The van der Waals surface area contributed by atoms with Crippen LogP contribution in [0.4, 0.5) is 11.5 Å². The number of benzene rings is 1. The second-order valence-corrected chi connectivity index (χ2v) is 7.67. The van der Waals surface area contributed by atoms with E-state index in [4.69, 9.17) is 4.74 Å². The lowest BCUT2D eigenvalue weighted by Gasteiger charge is -2.17. The van der Waals surface area contributed by atoms with Crippen molar-refractivity contribution in [2.45, 2.75) is 38.0 Å². The molecule has 0 spiro atoms. The normalized spacial score (nSPS) is 21.8. The van der Waals surface area contributed by atoms with Gasteiger partial charge in [-0.2, -0.15) is 5.10 Å². The molecule has 0 radical (unpaired) electrons. The fraction of sp³-hybridized carbons (Fsp3) is 0.429.